The van der Waals surface area contributed by atoms with Crippen LogP contribution < -0.4 is 9.80 Å². The minimum atomic E-state index is -0.565. The first-order chi connectivity index (χ1) is 14.2. The molecule has 0 amide bonds. The number of pyridine rings is 1. The summed E-state index contributed by atoms with van der Waals surface area (Å²) >= 11 is 1.14. The molecular weight excluding hydrogens is 443 g/mol. The molecule has 7 heteroatoms. The van der Waals surface area contributed by atoms with Gasteiger partial charge in [0.25, 0.3) is 0 Å². The van der Waals surface area contributed by atoms with Gasteiger partial charge in [0, 0.05) is 0 Å². The summed E-state index contributed by atoms with van der Waals surface area (Å²) in [6.45, 7) is 4.68. The summed E-state index contributed by atoms with van der Waals surface area (Å²) in [6, 6.07) is 16.7. The van der Waals surface area contributed by atoms with Gasteiger partial charge in [-0.15, -0.1) is 0 Å². The van der Waals surface area contributed by atoms with Crippen LogP contribution in [0.4, 0.5) is 5.95 Å². The fourth-order valence-corrected chi connectivity index (χ4v) is 6.96. The van der Waals surface area contributed by atoms with Gasteiger partial charge in [0.1, 0.15) is 0 Å². The van der Waals surface area contributed by atoms with Gasteiger partial charge in [-0.3, -0.25) is 0 Å². The van der Waals surface area contributed by atoms with Gasteiger partial charge >= 0.3 is 181 Å². The Kier molecular flexibility index (Phi) is 6.24. The molecule has 0 aliphatic carbocycles. The van der Waals surface area contributed by atoms with Crippen LogP contribution in [0.2, 0.25) is 0 Å². The van der Waals surface area contributed by atoms with Gasteiger partial charge in [-0.25, -0.2) is 0 Å². The number of aromatic nitrogens is 3. The van der Waals surface area contributed by atoms with E-state index < -0.39 is 15.8 Å². The van der Waals surface area contributed by atoms with E-state index in [1.165, 1.54) is 21.4 Å². The zero-order valence-electron chi connectivity index (χ0n) is 16.4. The molecule has 3 heterocycles. The Hall–Kier alpha value is -2.27. The number of hydrogen-bond donors (Lipinski definition) is 2. The second-order valence-corrected chi connectivity index (χ2v) is 10.4. The number of aliphatic hydroxyl groups excluding tert-OH is 1. The van der Waals surface area contributed by atoms with E-state index in [0.29, 0.717) is 12.5 Å². The number of benzene rings is 1. The van der Waals surface area contributed by atoms with E-state index in [1.54, 1.807) is 11.3 Å². The Balaban J connectivity index is 1.80. The molecule has 0 radical (unpaired) electrons. The average Bonchev–Trinajstić information content (AvgIpc) is 3.07. The molecule has 0 saturated heterocycles. The maximum atomic E-state index is 9.17. The van der Waals surface area contributed by atoms with E-state index in [-0.39, 0.29) is 6.61 Å². The first-order valence-electron chi connectivity index (χ1n) is 9.53. The normalized spacial score (nSPS) is 11.6. The number of rotatable bonds is 7. The molecule has 1 unspecified atom stereocenters. The van der Waals surface area contributed by atoms with Gasteiger partial charge in [0.2, 0.25) is 0 Å². The van der Waals surface area contributed by atoms with Crippen molar-refractivity contribution < 1.29 is 5.11 Å². The predicted octanol–water partition coefficient (Wildman–Crippen LogP) is 3.04. The second-order valence-electron chi connectivity index (χ2n) is 6.75. The fourth-order valence-electron chi connectivity index (χ4n) is 3.31. The first-order valence-corrected chi connectivity index (χ1v) is 12.9. The van der Waals surface area contributed by atoms with E-state index >= 15 is 0 Å². The number of thiophene rings is 1. The van der Waals surface area contributed by atoms with Crippen LogP contribution in [0.1, 0.15) is 16.3 Å². The van der Waals surface area contributed by atoms with Crippen LogP contribution in [0, 0.1) is 13.8 Å². The summed E-state index contributed by atoms with van der Waals surface area (Å²) in [5.41, 5.74) is 4.62. The summed E-state index contributed by atoms with van der Waals surface area (Å²) in [5.74, 6) is 0.600. The van der Waals surface area contributed by atoms with Gasteiger partial charge in [0.15, 0.2) is 0 Å². The molecule has 2 N–H and O–H groups in total. The molecule has 3 aromatic heterocycles. The molecule has 0 aliphatic heterocycles. The van der Waals surface area contributed by atoms with Gasteiger partial charge in [-0.2, -0.15) is 0 Å². The molecule has 0 aliphatic rings. The van der Waals surface area contributed by atoms with E-state index in [2.05, 4.69) is 53.6 Å². The van der Waals surface area contributed by atoms with Crippen molar-refractivity contribution >= 4 is 47.7 Å². The monoisotopic (exact) mass is 466 g/mol. The van der Waals surface area contributed by atoms with Crippen LogP contribution in [0.25, 0.3) is 21.3 Å². The van der Waals surface area contributed by atoms with Gasteiger partial charge in [-0.1, -0.05) is 0 Å². The molecule has 1 aromatic carbocycles. The SMILES string of the molecule is Cc1cccc(C[AsH]c2nc(NCCO)nc3sc(C)c(-c4ccccc4)c23)n1. The molecule has 1 atom stereocenters. The molecule has 148 valence electrons. The second kappa shape index (κ2) is 9.04. The van der Waals surface area contributed by atoms with Crippen LogP contribution in [-0.2, 0) is 5.21 Å². The zero-order valence-corrected chi connectivity index (χ0v) is 19.4. The number of aliphatic hydroxyl groups is 1. The van der Waals surface area contributed by atoms with Gasteiger partial charge in [0.05, 0.1) is 0 Å². The number of fused-ring (bicyclic) bond motifs is 1. The molecule has 0 saturated carbocycles. The minimum absolute atomic E-state index is 0.0545. The summed E-state index contributed by atoms with van der Waals surface area (Å²) < 4.78 is 1.14. The van der Waals surface area contributed by atoms with Gasteiger partial charge < -0.3 is 0 Å². The molecule has 0 bridgehead atoms. The van der Waals surface area contributed by atoms with Crippen LogP contribution in [0.15, 0.2) is 48.5 Å². The summed E-state index contributed by atoms with van der Waals surface area (Å²) in [6.07, 6.45) is 0. The van der Waals surface area contributed by atoms with E-state index in [9.17, 15) is 0 Å². The van der Waals surface area contributed by atoms with Crippen LogP contribution >= 0.6 is 11.3 Å². The predicted molar refractivity (Wildman–Crippen MR) is 123 cm³/mol. The number of anilines is 1. The number of nitrogens with zero attached hydrogens (tertiary/aromatic N) is 3. The summed E-state index contributed by atoms with van der Waals surface area (Å²) in [5, 5.41) is 14.4. The fraction of sp³-hybridized carbons (Fsp3) is 0.227. The number of hydrogen-bond acceptors (Lipinski definition) is 6. The number of aryl methyl sites for hydroxylation is 2. The van der Waals surface area contributed by atoms with Crippen molar-refractivity contribution in [1.82, 2.24) is 15.0 Å². The van der Waals surface area contributed by atoms with E-state index in [4.69, 9.17) is 15.1 Å². The third kappa shape index (κ3) is 4.50. The van der Waals surface area contributed by atoms with Crippen molar-refractivity contribution in [3.8, 4) is 11.1 Å². The maximum absolute atomic E-state index is 9.17. The molecule has 29 heavy (non-hydrogen) atoms. The Morgan fingerprint density at radius 3 is 2.59 bits per heavy atom. The Labute approximate surface area is 181 Å². The topological polar surface area (TPSA) is 70.9 Å². The molecule has 4 aromatic rings. The first kappa shape index (κ1) is 20.0. The standard InChI is InChI=1S/C22H23AsN4OS/c1-14-7-6-10-17(25-14)13-23-20-19-18(16-8-4-3-5-9-16)15(2)29-21(19)27-22(26-20)24-11-12-28/h3-10,23,28H,11-13H2,1-2H3,(H,24,26,27). The van der Waals surface area contributed by atoms with E-state index in [1.807, 2.05) is 19.1 Å². The third-order valence-corrected chi connectivity index (χ3v) is 8.16. The Bertz CT molecular complexity index is 1130. The van der Waals surface area contributed by atoms with E-state index in [0.717, 1.165) is 25.9 Å². The Morgan fingerprint density at radius 1 is 1.00 bits per heavy atom. The van der Waals surface area contributed by atoms with Crippen molar-refractivity contribution in [2.45, 2.75) is 19.1 Å². The van der Waals surface area contributed by atoms with Crippen molar-refractivity contribution in [2.75, 3.05) is 18.5 Å². The molecule has 0 spiro atoms. The van der Waals surface area contributed by atoms with Crippen LogP contribution in [0.3, 0.4) is 0 Å². The quantitative estimate of drug-likeness (QED) is 0.410. The van der Waals surface area contributed by atoms with Crippen molar-refractivity contribution in [2.24, 2.45) is 0 Å². The van der Waals surface area contributed by atoms with Crippen LogP contribution in [-0.4, -0.2) is 49.0 Å². The van der Waals surface area contributed by atoms with Crippen molar-refractivity contribution in [1.29, 1.82) is 0 Å². The molecular formula is C22H23AsN4OS. The number of nitrogens with one attached hydrogen (secondary N) is 1. The van der Waals surface area contributed by atoms with Crippen molar-refractivity contribution in [3.05, 3.63) is 64.8 Å². The summed E-state index contributed by atoms with van der Waals surface area (Å²) in [7, 11) is 0. The third-order valence-electron chi connectivity index (χ3n) is 4.57. The molecule has 0 fully saturated rings. The van der Waals surface area contributed by atoms with Crippen molar-refractivity contribution in [3.63, 3.8) is 0 Å². The van der Waals surface area contributed by atoms with Crippen LogP contribution in [0.5, 0.6) is 0 Å². The zero-order chi connectivity index (χ0) is 20.2. The molecule has 5 nitrogen and oxygen atoms in total. The Morgan fingerprint density at radius 2 is 1.83 bits per heavy atom. The molecule has 4 rings (SSSR count). The average molecular weight is 466 g/mol. The van der Waals surface area contributed by atoms with Gasteiger partial charge in [-0.05, 0) is 0 Å². The summed E-state index contributed by atoms with van der Waals surface area (Å²) in [4.78, 5) is 16.5.